The zero-order valence-electron chi connectivity index (χ0n) is 31.2. The van der Waals surface area contributed by atoms with E-state index in [1.54, 1.807) is 4.90 Å². The van der Waals surface area contributed by atoms with Gasteiger partial charge < -0.3 is 29.3 Å². The highest BCUT2D eigenvalue weighted by atomic mass is 16.5. The number of amides is 2. The van der Waals surface area contributed by atoms with Crippen LogP contribution >= 0.6 is 0 Å². The summed E-state index contributed by atoms with van der Waals surface area (Å²) in [7, 11) is 3.93. The van der Waals surface area contributed by atoms with E-state index >= 15 is 0 Å². The van der Waals surface area contributed by atoms with Crippen molar-refractivity contribution in [1.82, 2.24) is 15.1 Å². The number of carbonyl (C=O) groups excluding carboxylic acids is 4. The SMILES string of the molecule is CCCCCCCCCCC(=O)OCCCN(CCCOC(=O)CCCCCCCCCC)C(=O)C=CC(=O)NCCOCCN(C)C. The lowest BCUT2D eigenvalue weighted by Crippen LogP contribution is -2.33. The fourth-order valence-corrected chi connectivity index (χ4v) is 5.07. The number of rotatable bonds is 34. The van der Waals surface area contributed by atoms with E-state index < -0.39 is 0 Å². The molecule has 0 fully saturated rings. The van der Waals surface area contributed by atoms with E-state index in [9.17, 15) is 19.2 Å². The van der Waals surface area contributed by atoms with E-state index in [0.717, 1.165) is 45.1 Å². The van der Waals surface area contributed by atoms with Crippen LogP contribution in [-0.4, -0.2) is 100 Å². The first-order valence-corrected chi connectivity index (χ1v) is 19.1. The highest BCUT2D eigenvalue weighted by Gasteiger charge is 2.13. The molecule has 10 nitrogen and oxygen atoms in total. The van der Waals surface area contributed by atoms with Crippen LogP contribution in [0.5, 0.6) is 0 Å². The number of carbonyl (C=O) groups is 4. The fourth-order valence-electron chi connectivity index (χ4n) is 5.07. The monoisotopic (exact) mass is 682 g/mol. The van der Waals surface area contributed by atoms with Crippen LogP contribution in [0.1, 0.15) is 142 Å². The van der Waals surface area contributed by atoms with Crippen molar-refractivity contribution in [3.8, 4) is 0 Å². The fraction of sp³-hybridized carbons (Fsp3) is 0.842. The summed E-state index contributed by atoms with van der Waals surface area (Å²) >= 11 is 0. The summed E-state index contributed by atoms with van der Waals surface area (Å²) in [6, 6.07) is 0. The van der Waals surface area contributed by atoms with Gasteiger partial charge in [-0.1, -0.05) is 104 Å². The minimum absolute atomic E-state index is 0.204. The number of esters is 2. The summed E-state index contributed by atoms with van der Waals surface area (Å²) in [6.07, 6.45) is 23.0. The molecular formula is C38H71N3O7. The van der Waals surface area contributed by atoms with Crippen molar-refractivity contribution in [2.45, 2.75) is 142 Å². The van der Waals surface area contributed by atoms with Gasteiger partial charge in [-0.3, -0.25) is 19.2 Å². The minimum Gasteiger partial charge on any atom is -0.466 e. The Balaban J connectivity index is 4.51. The van der Waals surface area contributed by atoms with E-state index in [1.807, 2.05) is 19.0 Å². The second kappa shape index (κ2) is 34.4. The van der Waals surface area contributed by atoms with Crippen LogP contribution in [0, 0.1) is 0 Å². The first kappa shape index (κ1) is 45.5. The second-order valence-electron chi connectivity index (χ2n) is 13.0. The zero-order chi connectivity index (χ0) is 35.5. The third-order valence-corrected chi connectivity index (χ3v) is 8.06. The van der Waals surface area contributed by atoms with Crippen LogP contribution in [0.2, 0.25) is 0 Å². The molecule has 0 saturated carbocycles. The quantitative estimate of drug-likeness (QED) is 0.0439. The number of nitrogens with zero attached hydrogens (tertiary/aromatic N) is 2. The predicted molar refractivity (Wildman–Crippen MR) is 194 cm³/mol. The molecule has 0 atom stereocenters. The number of unbranched alkanes of at least 4 members (excludes halogenated alkanes) is 14. The molecule has 0 aliphatic heterocycles. The predicted octanol–water partition coefficient (Wildman–Crippen LogP) is 6.99. The van der Waals surface area contributed by atoms with Crippen LogP contribution in [0.4, 0.5) is 0 Å². The smallest absolute Gasteiger partial charge is 0.305 e. The van der Waals surface area contributed by atoms with Gasteiger partial charge in [-0.05, 0) is 39.8 Å². The molecule has 10 heteroatoms. The van der Waals surface area contributed by atoms with Crippen molar-refractivity contribution in [2.24, 2.45) is 0 Å². The van der Waals surface area contributed by atoms with Crippen molar-refractivity contribution in [2.75, 3.05) is 66.7 Å². The maximum absolute atomic E-state index is 13.0. The molecule has 0 bridgehead atoms. The van der Waals surface area contributed by atoms with Gasteiger partial charge in [-0.15, -0.1) is 0 Å². The Morgan fingerprint density at radius 2 is 1.00 bits per heavy atom. The second-order valence-corrected chi connectivity index (χ2v) is 13.0. The van der Waals surface area contributed by atoms with E-state index in [-0.39, 0.29) is 37.0 Å². The van der Waals surface area contributed by atoms with Crippen LogP contribution in [0.3, 0.4) is 0 Å². The molecular weight excluding hydrogens is 610 g/mol. The van der Waals surface area contributed by atoms with E-state index in [1.165, 1.54) is 76.4 Å². The first-order valence-electron chi connectivity index (χ1n) is 19.1. The van der Waals surface area contributed by atoms with E-state index in [4.69, 9.17) is 14.2 Å². The molecule has 0 unspecified atom stereocenters. The number of hydrogen-bond acceptors (Lipinski definition) is 8. The normalized spacial score (nSPS) is 11.3. The number of nitrogens with one attached hydrogen (secondary N) is 1. The van der Waals surface area contributed by atoms with Gasteiger partial charge in [-0.2, -0.15) is 0 Å². The van der Waals surface area contributed by atoms with Crippen LogP contribution in [-0.2, 0) is 33.4 Å². The Morgan fingerprint density at radius 1 is 0.542 bits per heavy atom. The van der Waals surface area contributed by atoms with Gasteiger partial charge in [0.1, 0.15) is 0 Å². The Kier molecular flexibility index (Phi) is 32.6. The lowest BCUT2D eigenvalue weighted by atomic mass is 10.1. The largest absolute Gasteiger partial charge is 0.466 e. The highest BCUT2D eigenvalue weighted by Crippen LogP contribution is 2.11. The molecule has 0 aromatic carbocycles. The molecule has 0 aromatic rings. The molecule has 0 aliphatic carbocycles. The lowest BCUT2D eigenvalue weighted by Gasteiger charge is -2.21. The van der Waals surface area contributed by atoms with Gasteiger partial charge >= 0.3 is 11.9 Å². The maximum Gasteiger partial charge on any atom is 0.305 e. The lowest BCUT2D eigenvalue weighted by molar-refractivity contribution is -0.144. The molecule has 0 rings (SSSR count). The van der Waals surface area contributed by atoms with Gasteiger partial charge in [0.15, 0.2) is 0 Å². The molecule has 0 aliphatic rings. The van der Waals surface area contributed by atoms with Crippen molar-refractivity contribution >= 4 is 23.8 Å². The maximum atomic E-state index is 13.0. The molecule has 0 radical (unpaired) electrons. The van der Waals surface area contributed by atoms with Crippen molar-refractivity contribution in [1.29, 1.82) is 0 Å². The van der Waals surface area contributed by atoms with Gasteiger partial charge in [0.2, 0.25) is 11.8 Å². The Bertz CT molecular complexity index is 795. The van der Waals surface area contributed by atoms with Crippen molar-refractivity contribution in [3.63, 3.8) is 0 Å². The average Bonchev–Trinajstić information content (AvgIpc) is 3.06. The summed E-state index contributed by atoms with van der Waals surface area (Å²) in [5.41, 5.74) is 0. The molecule has 48 heavy (non-hydrogen) atoms. The molecule has 280 valence electrons. The first-order chi connectivity index (χ1) is 23.3. The Hall–Kier alpha value is -2.46. The molecule has 0 heterocycles. The van der Waals surface area contributed by atoms with Gasteiger partial charge in [0.05, 0.1) is 26.4 Å². The summed E-state index contributed by atoms with van der Waals surface area (Å²) in [5, 5.41) is 2.72. The number of likely N-dealkylation sites (N-methyl/N-ethyl adjacent to an activating group) is 1. The summed E-state index contributed by atoms with van der Waals surface area (Å²) in [4.78, 5) is 53.1. The summed E-state index contributed by atoms with van der Waals surface area (Å²) in [5.74, 6) is -1.10. The molecule has 0 aromatic heterocycles. The molecule has 2 amide bonds. The Morgan fingerprint density at radius 3 is 1.46 bits per heavy atom. The standard InChI is InChI=1S/C38H71N3O7/c1-5-7-9-11-13-15-17-19-23-37(44)47-31-21-28-41(36(43)26-25-35(42)39-27-33-46-34-30-40(3)4)29-22-32-48-38(45)24-20-18-16-14-12-10-8-6-2/h25-26H,5-24,27-34H2,1-4H3,(H,39,42). The molecule has 1 N–H and O–H groups in total. The zero-order valence-corrected chi connectivity index (χ0v) is 31.2. The number of ether oxygens (including phenoxy) is 3. The van der Waals surface area contributed by atoms with Gasteiger partial charge in [0.25, 0.3) is 0 Å². The summed E-state index contributed by atoms with van der Waals surface area (Å²) < 4.78 is 16.3. The van der Waals surface area contributed by atoms with Crippen molar-refractivity contribution < 1.29 is 33.4 Å². The molecule has 0 spiro atoms. The molecule has 0 saturated heterocycles. The third kappa shape index (κ3) is 32.1. The highest BCUT2D eigenvalue weighted by molar-refractivity contribution is 5.96. The van der Waals surface area contributed by atoms with Crippen LogP contribution < -0.4 is 5.32 Å². The van der Waals surface area contributed by atoms with E-state index in [0.29, 0.717) is 58.5 Å². The number of hydrogen-bond donors (Lipinski definition) is 1. The van der Waals surface area contributed by atoms with Crippen LogP contribution in [0.15, 0.2) is 12.2 Å². The third-order valence-electron chi connectivity index (χ3n) is 8.06. The minimum atomic E-state index is -0.371. The Labute approximate surface area is 293 Å². The van der Waals surface area contributed by atoms with E-state index in [2.05, 4.69) is 19.2 Å². The summed E-state index contributed by atoms with van der Waals surface area (Å²) in [6.45, 7) is 7.73. The average molecular weight is 682 g/mol. The van der Waals surface area contributed by atoms with Crippen LogP contribution in [0.25, 0.3) is 0 Å². The van der Waals surface area contributed by atoms with Gasteiger partial charge in [-0.25, -0.2) is 0 Å². The van der Waals surface area contributed by atoms with Gasteiger partial charge in [0, 0.05) is 51.2 Å². The van der Waals surface area contributed by atoms with Crippen molar-refractivity contribution in [3.05, 3.63) is 12.2 Å². The topological polar surface area (TPSA) is 114 Å².